The first kappa shape index (κ1) is 10.3. The van der Waals surface area contributed by atoms with E-state index < -0.39 is 11.9 Å². The average molecular weight is 205 g/mol. The van der Waals surface area contributed by atoms with Crippen molar-refractivity contribution in [3.8, 4) is 0 Å². The molecule has 1 fully saturated rings. The maximum Gasteiger partial charge on any atom is 0.321 e. The van der Waals surface area contributed by atoms with E-state index in [-0.39, 0.29) is 17.3 Å². The van der Waals surface area contributed by atoms with E-state index in [2.05, 4.69) is 24.5 Å². The summed E-state index contributed by atoms with van der Waals surface area (Å²) >= 11 is 5.21. The van der Waals surface area contributed by atoms with Gasteiger partial charge in [0, 0.05) is 6.04 Å². The normalized spacial score (nSPS) is 23.5. The molecule has 0 saturated heterocycles. The first-order valence-electron chi connectivity index (χ1n) is 4.12. The molecular formula is C8H13ClN2O2. The second kappa shape index (κ2) is 3.54. The molecule has 1 aliphatic rings. The van der Waals surface area contributed by atoms with Crippen LogP contribution in [0.4, 0.5) is 4.79 Å². The van der Waals surface area contributed by atoms with Crippen LogP contribution in [0.2, 0.25) is 0 Å². The van der Waals surface area contributed by atoms with Crippen LogP contribution in [-0.4, -0.2) is 23.9 Å². The van der Waals surface area contributed by atoms with E-state index in [1.165, 1.54) is 0 Å². The van der Waals surface area contributed by atoms with Gasteiger partial charge in [0.2, 0.25) is 5.91 Å². The van der Waals surface area contributed by atoms with Gasteiger partial charge >= 0.3 is 6.03 Å². The van der Waals surface area contributed by atoms with Crippen LogP contribution in [-0.2, 0) is 4.79 Å². The summed E-state index contributed by atoms with van der Waals surface area (Å²) in [7, 11) is 0. The van der Waals surface area contributed by atoms with Crippen LogP contribution >= 0.6 is 11.6 Å². The molecule has 74 valence electrons. The summed E-state index contributed by atoms with van der Waals surface area (Å²) < 4.78 is 0. The number of rotatable bonds is 2. The van der Waals surface area contributed by atoms with E-state index in [9.17, 15) is 9.59 Å². The Bertz CT molecular complexity index is 240. The summed E-state index contributed by atoms with van der Waals surface area (Å²) in [5, 5.41) is 4.80. The monoisotopic (exact) mass is 204 g/mol. The Kier molecular flexibility index (Phi) is 2.81. The van der Waals surface area contributed by atoms with Gasteiger partial charge in [-0.25, -0.2) is 4.79 Å². The Hall–Kier alpha value is -0.770. The number of imide groups is 1. The average Bonchev–Trinajstić information content (AvgIpc) is 2.58. The lowest BCUT2D eigenvalue weighted by Crippen LogP contribution is -2.42. The first-order chi connectivity index (χ1) is 5.95. The molecule has 0 radical (unpaired) electrons. The van der Waals surface area contributed by atoms with Crippen molar-refractivity contribution in [3.63, 3.8) is 0 Å². The van der Waals surface area contributed by atoms with Gasteiger partial charge in [0.1, 0.15) is 5.88 Å². The lowest BCUT2D eigenvalue weighted by atomic mass is 10.2. The van der Waals surface area contributed by atoms with Crippen LogP contribution < -0.4 is 10.6 Å². The van der Waals surface area contributed by atoms with Gasteiger partial charge in [-0.3, -0.25) is 10.1 Å². The van der Waals surface area contributed by atoms with Crippen LogP contribution in [0, 0.1) is 5.41 Å². The van der Waals surface area contributed by atoms with Crippen LogP contribution in [0.25, 0.3) is 0 Å². The van der Waals surface area contributed by atoms with Crippen LogP contribution in [0.5, 0.6) is 0 Å². The topological polar surface area (TPSA) is 58.2 Å². The molecule has 3 amide bonds. The molecule has 0 bridgehead atoms. The van der Waals surface area contributed by atoms with Gasteiger partial charge < -0.3 is 5.32 Å². The van der Waals surface area contributed by atoms with Crippen LogP contribution in [0.3, 0.4) is 0 Å². The standard InChI is InChI=1S/C8H13ClN2O2/c1-8(2)3-5(8)10-7(13)11-6(12)4-9/h5H,3-4H2,1-2H3,(H2,10,11,12,13). The van der Waals surface area contributed by atoms with Crippen LogP contribution in [0.15, 0.2) is 0 Å². The third kappa shape index (κ3) is 2.88. The summed E-state index contributed by atoms with van der Waals surface area (Å²) in [5.41, 5.74) is 0.168. The van der Waals surface area contributed by atoms with Crippen molar-refractivity contribution in [2.75, 3.05) is 5.88 Å². The molecule has 0 aliphatic heterocycles. The molecule has 0 aromatic rings. The smallest absolute Gasteiger partial charge is 0.321 e. The predicted molar refractivity (Wildman–Crippen MR) is 49.6 cm³/mol. The molecular weight excluding hydrogens is 192 g/mol. The number of hydrogen-bond donors (Lipinski definition) is 2. The molecule has 0 heterocycles. The minimum absolute atomic E-state index is 0.168. The quantitative estimate of drug-likeness (QED) is 0.656. The minimum atomic E-state index is -0.474. The van der Waals surface area contributed by atoms with Crippen molar-refractivity contribution in [3.05, 3.63) is 0 Å². The summed E-state index contributed by atoms with van der Waals surface area (Å²) in [4.78, 5) is 21.7. The van der Waals surface area contributed by atoms with Crippen molar-refractivity contribution in [2.45, 2.75) is 26.3 Å². The fourth-order valence-electron chi connectivity index (χ4n) is 1.07. The number of halogens is 1. The molecule has 1 rings (SSSR count). The van der Waals surface area contributed by atoms with Gasteiger partial charge in [-0.05, 0) is 11.8 Å². The van der Waals surface area contributed by atoms with Crippen molar-refractivity contribution in [2.24, 2.45) is 5.41 Å². The number of urea groups is 1. The lowest BCUT2D eigenvalue weighted by Gasteiger charge is -2.06. The second-order valence-corrected chi connectivity index (χ2v) is 4.17. The fraction of sp³-hybridized carbons (Fsp3) is 0.750. The lowest BCUT2D eigenvalue weighted by molar-refractivity contribution is -0.117. The third-order valence-electron chi connectivity index (χ3n) is 2.19. The zero-order chi connectivity index (χ0) is 10.1. The van der Waals surface area contributed by atoms with Gasteiger partial charge in [-0.2, -0.15) is 0 Å². The van der Waals surface area contributed by atoms with Crippen molar-refractivity contribution in [1.82, 2.24) is 10.6 Å². The fourth-order valence-corrected chi connectivity index (χ4v) is 1.13. The van der Waals surface area contributed by atoms with E-state index in [1.54, 1.807) is 0 Å². The molecule has 1 atom stereocenters. The molecule has 0 aromatic heterocycles. The maximum atomic E-state index is 11.0. The summed E-state index contributed by atoms with van der Waals surface area (Å²) in [6.45, 7) is 4.11. The Morgan fingerprint density at radius 1 is 1.54 bits per heavy atom. The number of carbonyl (C=O) groups excluding carboxylic acids is 2. The molecule has 1 saturated carbocycles. The van der Waals surface area contributed by atoms with E-state index >= 15 is 0 Å². The van der Waals surface area contributed by atoms with Crippen molar-refractivity contribution in [1.29, 1.82) is 0 Å². The molecule has 1 unspecified atom stereocenters. The Balaban J connectivity index is 2.24. The highest BCUT2D eigenvalue weighted by Crippen LogP contribution is 2.44. The summed E-state index contributed by atoms with van der Waals surface area (Å²) in [5.74, 6) is -0.667. The van der Waals surface area contributed by atoms with E-state index in [1.807, 2.05) is 0 Å². The highest BCUT2D eigenvalue weighted by molar-refractivity contribution is 6.28. The molecule has 0 aromatic carbocycles. The largest absolute Gasteiger partial charge is 0.335 e. The SMILES string of the molecule is CC1(C)CC1NC(=O)NC(=O)CCl. The number of amides is 3. The van der Waals surface area contributed by atoms with Crippen LogP contribution in [0.1, 0.15) is 20.3 Å². The predicted octanol–water partition coefficient (Wildman–Crippen LogP) is 0.850. The molecule has 1 aliphatic carbocycles. The zero-order valence-corrected chi connectivity index (χ0v) is 8.44. The number of alkyl halides is 1. The minimum Gasteiger partial charge on any atom is -0.335 e. The first-order valence-corrected chi connectivity index (χ1v) is 4.65. The Morgan fingerprint density at radius 2 is 2.08 bits per heavy atom. The molecule has 0 spiro atoms. The van der Waals surface area contributed by atoms with Gasteiger partial charge in [0.05, 0.1) is 0 Å². The molecule has 13 heavy (non-hydrogen) atoms. The van der Waals surface area contributed by atoms with E-state index in [4.69, 9.17) is 11.6 Å². The van der Waals surface area contributed by atoms with E-state index in [0.29, 0.717) is 0 Å². The van der Waals surface area contributed by atoms with Crippen molar-refractivity contribution >= 4 is 23.5 Å². The molecule has 4 nitrogen and oxygen atoms in total. The summed E-state index contributed by atoms with van der Waals surface area (Å²) in [6, 6.07) is -0.281. The van der Waals surface area contributed by atoms with Gasteiger partial charge in [-0.15, -0.1) is 11.6 Å². The van der Waals surface area contributed by atoms with Crippen molar-refractivity contribution < 1.29 is 9.59 Å². The highest BCUT2D eigenvalue weighted by atomic mass is 35.5. The third-order valence-corrected chi connectivity index (χ3v) is 2.44. The number of nitrogens with one attached hydrogen (secondary N) is 2. The Morgan fingerprint density at radius 3 is 2.46 bits per heavy atom. The number of carbonyl (C=O) groups is 2. The molecule has 2 N–H and O–H groups in total. The second-order valence-electron chi connectivity index (χ2n) is 3.90. The van der Waals surface area contributed by atoms with Gasteiger partial charge in [0.25, 0.3) is 0 Å². The van der Waals surface area contributed by atoms with Gasteiger partial charge in [0.15, 0.2) is 0 Å². The summed E-state index contributed by atoms with van der Waals surface area (Å²) in [6.07, 6.45) is 0.954. The zero-order valence-electron chi connectivity index (χ0n) is 7.69. The van der Waals surface area contributed by atoms with Gasteiger partial charge in [-0.1, -0.05) is 13.8 Å². The van der Waals surface area contributed by atoms with E-state index in [0.717, 1.165) is 6.42 Å². The highest BCUT2D eigenvalue weighted by Gasteiger charge is 2.46. The number of hydrogen-bond acceptors (Lipinski definition) is 2. The Labute approximate surface area is 82.0 Å². The molecule has 5 heteroatoms. The maximum absolute atomic E-state index is 11.0.